The van der Waals surface area contributed by atoms with E-state index in [1.165, 1.54) is 19.2 Å². The molecule has 1 heterocycles. The number of anilines is 1. The molecular formula is C20H24ClN3O5S. The molecule has 1 fully saturated rings. The second kappa shape index (κ2) is 9.55. The van der Waals surface area contributed by atoms with Crippen molar-refractivity contribution in [2.75, 3.05) is 32.6 Å². The summed E-state index contributed by atoms with van der Waals surface area (Å²) in [5.41, 5.74) is 0.664. The van der Waals surface area contributed by atoms with E-state index in [4.69, 9.17) is 21.1 Å². The lowest BCUT2D eigenvalue weighted by atomic mass is 10.1. The highest BCUT2D eigenvalue weighted by Gasteiger charge is 2.28. The highest BCUT2D eigenvalue weighted by Crippen LogP contribution is 2.28. The number of hydrogen-bond acceptors (Lipinski definition) is 5. The number of piperidine rings is 1. The van der Waals surface area contributed by atoms with E-state index < -0.39 is 10.0 Å². The Labute approximate surface area is 181 Å². The van der Waals surface area contributed by atoms with Gasteiger partial charge in [-0.2, -0.15) is 0 Å². The fraction of sp³-hybridized carbons (Fsp3) is 0.350. The third kappa shape index (κ3) is 5.35. The standard InChI is InChI=1S/C20H24ClN3O5S/c1-28-17-6-4-15(5-7-17)22-20(25)24-11-9-16(10-12-24)23-30(26,27)19-13-14(21)3-8-18(19)29-2/h3-8,13,16,23H,9-12H2,1-2H3,(H,22,25). The first-order chi connectivity index (χ1) is 14.3. The molecule has 2 N–H and O–H groups in total. The molecule has 2 aromatic carbocycles. The topological polar surface area (TPSA) is 97.0 Å². The molecule has 0 bridgehead atoms. The van der Waals surface area contributed by atoms with Crippen molar-refractivity contribution in [3.8, 4) is 11.5 Å². The van der Waals surface area contributed by atoms with Crippen molar-refractivity contribution in [3.05, 3.63) is 47.5 Å². The van der Waals surface area contributed by atoms with Crippen molar-refractivity contribution in [2.45, 2.75) is 23.8 Å². The van der Waals surface area contributed by atoms with Crippen LogP contribution >= 0.6 is 11.6 Å². The second-order valence-corrected chi connectivity index (χ2v) is 8.96. The number of methoxy groups -OCH3 is 2. The molecule has 0 aliphatic carbocycles. The zero-order valence-electron chi connectivity index (χ0n) is 16.7. The number of hydrogen-bond donors (Lipinski definition) is 2. The van der Waals surface area contributed by atoms with Crippen molar-refractivity contribution in [1.82, 2.24) is 9.62 Å². The van der Waals surface area contributed by atoms with Crippen LogP contribution in [0.15, 0.2) is 47.4 Å². The van der Waals surface area contributed by atoms with Gasteiger partial charge >= 0.3 is 6.03 Å². The number of carbonyl (C=O) groups excluding carboxylic acids is 1. The number of ether oxygens (including phenoxy) is 2. The van der Waals surface area contributed by atoms with Gasteiger partial charge in [0.15, 0.2) is 0 Å². The van der Waals surface area contributed by atoms with E-state index in [1.54, 1.807) is 42.3 Å². The molecule has 1 saturated heterocycles. The maximum atomic E-state index is 12.8. The lowest BCUT2D eigenvalue weighted by Gasteiger charge is -2.32. The lowest BCUT2D eigenvalue weighted by molar-refractivity contribution is 0.193. The van der Waals surface area contributed by atoms with Gasteiger partial charge in [0.05, 0.1) is 14.2 Å². The van der Waals surface area contributed by atoms with Gasteiger partial charge in [0.25, 0.3) is 0 Å². The Morgan fingerprint density at radius 1 is 1.07 bits per heavy atom. The van der Waals surface area contributed by atoms with Gasteiger partial charge in [-0.15, -0.1) is 0 Å². The van der Waals surface area contributed by atoms with Crippen molar-refractivity contribution in [3.63, 3.8) is 0 Å². The van der Waals surface area contributed by atoms with Gasteiger partial charge in [-0.3, -0.25) is 0 Å². The van der Waals surface area contributed by atoms with Crippen molar-refractivity contribution in [1.29, 1.82) is 0 Å². The average molecular weight is 454 g/mol. The fourth-order valence-corrected chi connectivity index (χ4v) is 4.96. The van der Waals surface area contributed by atoms with Gasteiger partial charge in [0.2, 0.25) is 10.0 Å². The number of likely N-dealkylation sites (tertiary alicyclic amines) is 1. The zero-order chi connectivity index (χ0) is 21.7. The normalized spacial score (nSPS) is 15.0. The van der Waals surface area contributed by atoms with Crippen LogP contribution in [0.5, 0.6) is 11.5 Å². The summed E-state index contributed by atoms with van der Waals surface area (Å²) >= 11 is 5.95. The Morgan fingerprint density at radius 3 is 2.33 bits per heavy atom. The summed E-state index contributed by atoms with van der Waals surface area (Å²) in [4.78, 5) is 14.1. The summed E-state index contributed by atoms with van der Waals surface area (Å²) < 4.78 is 38.5. The van der Waals surface area contributed by atoms with Gasteiger partial charge < -0.3 is 19.7 Å². The summed E-state index contributed by atoms with van der Waals surface area (Å²) in [6.45, 7) is 0.865. The van der Waals surface area contributed by atoms with Crippen LogP contribution in [-0.2, 0) is 10.0 Å². The number of halogens is 1. The molecule has 8 nitrogen and oxygen atoms in total. The van der Waals surface area contributed by atoms with E-state index in [2.05, 4.69) is 10.0 Å². The SMILES string of the molecule is COc1ccc(NC(=O)N2CCC(NS(=O)(=O)c3cc(Cl)ccc3OC)CC2)cc1. The van der Waals surface area contributed by atoms with Gasteiger partial charge in [0, 0.05) is 29.8 Å². The number of nitrogens with zero attached hydrogens (tertiary/aromatic N) is 1. The number of benzene rings is 2. The summed E-state index contributed by atoms with van der Waals surface area (Å²) in [6, 6.07) is 11.0. The van der Waals surface area contributed by atoms with Crippen LogP contribution in [0.4, 0.5) is 10.5 Å². The minimum absolute atomic E-state index is 0.00261. The molecule has 1 aliphatic heterocycles. The van der Waals surface area contributed by atoms with Crippen LogP contribution in [0.3, 0.4) is 0 Å². The van der Waals surface area contributed by atoms with Gasteiger partial charge in [-0.05, 0) is 55.3 Å². The summed E-state index contributed by atoms with van der Waals surface area (Å²) in [7, 11) is -0.826. The van der Waals surface area contributed by atoms with Crippen LogP contribution in [0.25, 0.3) is 0 Å². The van der Waals surface area contributed by atoms with E-state index in [-0.39, 0.29) is 22.7 Å². The monoisotopic (exact) mass is 453 g/mol. The zero-order valence-corrected chi connectivity index (χ0v) is 18.3. The fourth-order valence-electron chi connectivity index (χ4n) is 3.22. The summed E-state index contributed by atoms with van der Waals surface area (Å²) in [5, 5.41) is 3.14. The Morgan fingerprint density at radius 2 is 1.73 bits per heavy atom. The molecule has 2 aromatic rings. The van der Waals surface area contributed by atoms with Gasteiger partial charge in [-0.1, -0.05) is 11.6 Å². The Bertz CT molecular complexity index is 990. The maximum Gasteiger partial charge on any atom is 0.321 e. The molecule has 0 aromatic heterocycles. The smallest absolute Gasteiger partial charge is 0.321 e. The number of rotatable bonds is 6. The Kier molecular flexibility index (Phi) is 7.06. The molecule has 3 rings (SSSR count). The van der Waals surface area contributed by atoms with E-state index in [0.29, 0.717) is 42.4 Å². The third-order valence-electron chi connectivity index (χ3n) is 4.86. The molecule has 0 spiro atoms. The Hall–Kier alpha value is -2.49. The lowest BCUT2D eigenvalue weighted by Crippen LogP contribution is -2.47. The van der Waals surface area contributed by atoms with Crippen LogP contribution in [0.2, 0.25) is 5.02 Å². The molecule has 10 heteroatoms. The number of amides is 2. The predicted molar refractivity (Wildman–Crippen MR) is 115 cm³/mol. The molecule has 162 valence electrons. The Balaban J connectivity index is 1.57. The largest absolute Gasteiger partial charge is 0.497 e. The number of sulfonamides is 1. The molecular weight excluding hydrogens is 430 g/mol. The van der Waals surface area contributed by atoms with E-state index >= 15 is 0 Å². The minimum atomic E-state index is -3.81. The van der Waals surface area contributed by atoms with E-state index in [9.17, 15) is 13.2 Å². The van der Waals surface area contributed by atoms with Crippen molar-refractivity contribution < 1.29 is 22.7 Å². The molecule has 30 heavy (non-hydrogen) atoms. The molecule has 0 unspecified atom stereocenters. The first kappa shape index (κ1) is 22.2. The number of urea groups is 1. The van der Waals surface area contributed by atoms with Crippen LogP contribution in [0.1, 0.15) is 12.8 Å². The highest BCUT2D eigenvalue weighted by molar-refractivity contribution is 7.89. The van der Waals surface area contributed by atoms with E-state index in [1.807, 2.05) is 0 Å². The number of carbonyl (C=O) groups is 1. The molecule has 0 atom stereocenters. The predicted octanol–water partition coefficient (Wildman–Crippen LogP) is 3.33. The van der Waals surface area contributed by atoms with Crippen molar-refractivity contribution in [2.24, 2.45) is 0 Å². The number of nitrogens with one attached hydrogen (secondary N) is 2. The van der Waals surface area contributed by atoms with Crippen molar-refractivity contribution >= 4 is 33.3 Å². The first-order valence-corrected chi connectivity index (χ1v) is 11.2. The summed E-state index contributed by atoms with van der Waals surface area (Å²) in [6.07, 6.45) is 0.996. The van der Waals surface area contributed by atoms with Gasteiger partial charge in [0.1, 0.15) is 16.4 Å². The second-order valence-electron chi connectivity index (χ2n) is 6.84. The van der Waals surface area contributed by atoms with Crippen LogP contribution in [-0.4, -0.2) is 52.7 Å². The van der Waals surface area contributed by atoms with Gasteiger partial charge in [-0.25, -0.2) is 17.9 Å². The molecule has 2 amide bonds. The maximum absolute atomic E-state index is 12.8. The average Bonchev–Trinajstić information content (AvgIpc) is 2.74. The molecule has 0 saturated carbocycles. The van der Waals surface area contributed by atoms with Crippen LogP contribution in [0, 0.1) is 0 Å². The van der Waals surface area contributed by atoms with Crippen LogP contribution < -0.4 is 19.5 Å². The minimum Gasteiger partial charge on any atom is -0.497 e. The molecule has 1 aliphatic rings. The summed E-state index contributed by atoms with van der Waals surface area (Å²) in [5.74, 6) is 0.931. The quantitative estimate of drug-likeness (QED) is 0.699. The third-order valence-corrected chi connectivity index (χ3v) is 6.64. The molecule has 0 radical (unpaired) electrons. The first-order valence-electron chi connectivity index (χ1n) is 9.38. The van der Waals surface area contributed by atoms with E-state index in [0.717, 1.165) is 0 Å². The highest BCUT2D eigenvalue weighted by atomic mass is 35.5.